The lowest BCUT2D eigenvalue weighted by atomic mass is 10.1. The number of carbonyl (C=O) groups excluding carboxylic acids is 3. The number of carbonyl (C=O) groups is 3. The Morgan fingerprint density at radius 2 is 1.83 bits per heavy atom. The summed E-state index contributed by atoms with van der Waals surface area (Å²) in [4.78, 5) is 43.9. The van der Waals surface area contributed by atoms with Gasteiger partial charge in [0.2, 0.25) is 0 Å². The Kier molecular flexibility index (Phi) is 5.78. The Balaban J connectivity index is 1.52. The number of fused-ring (bicyclic) bond motifs is 2. The van der Waals surface area contributed by atoms with Crippen LogP contribution >= 0.6 is 23.4 Å². The fourth-order valence-electron chi connectivity index (χ4n) is 3.40. The first-order chi connectivity index (χ1) is 14.5. The molecule has 4 rings (SSSR count). The number of halogens is 1. The smallest absolute Gasteiger partial charge is 0.329 e. The zero-order chi connectivity index (χ0) is 21.3. The van der Waals surface area contributed by atoms with Gasteiger partial charge in [0.25, 0.3) is 11.8 Å². The summed E-state index contributed by atoms with van der Waals surface area (Å²) >= 11 is 7.50. The highest BCUT2D eigenvalue weighted by molar-refractivity contribution is 7.98. The quantitative estimate of drug-likeness (QED) is 0.411. The summed E-state index contributed by atoms with van der Waals surface area (Å²) < 4.78 is 7.19. The molecule has 0 saturated heterocycles. The molecule has 0 spiro atoms. The number of hydrogen-bond donors (Lipinski definition) is 0. The van der Waals surface area contributed by atoms with Crippen LogP contribution in [-0.2, 0) is 16.1 Å². The van der Waals surface area contributed by atoms with E-state index in [0.29, 0.717) is 39.7 Å². The molecule has 30 heavy (non-hydrogen) atoms. The molecule has 0 N–H and O–H groups in total. The number of pyridine rings is 1. The van der Waals surface area contributed by atoms with Crippen molar-refractivity contribution in [2.24, 2.45) is 0 Å². The third-order valence-corrected chi connectivity index (χ3v) is 5.70. The van der Waals surface area contributed by atoms with E-state index in [1.807, 2.05) is 6.26 Å². The lowest BCUT2D eigenvalue weighted by Gasteiger charge is -2.24. The largest absolute Gasteiger partial charge is 0.458 e. The van der Waals surface area contributed by atoms with Crippen molar-refractivity contribution in [3.8, 4) is 0 Å². The van der Waals surface area contributed by atoms with Gasteiger partial charge < -0.3 is 9.14 Å². The van der Waals surface area contributed by atoms with Gasteiger partial charge in [0.15, 0.2) is 0 Å². The van der Waals surface area contributed by atoms with E-state index in [0.717, 1.165) is 4.90 Å². The van der Waals surface area contributed by atoms with E-state index in [1.54, 1.807) is 53.2 Å². The van der Waals surface area contributed by atoms with Crippen LogP contribution in [0.3, 0.4) is 0 Å². The maximum atomic E-state index is 12.9. The van der Waals surface area contributed by atoms with Gasteiger partial charge in [-0.05, 0) is 42.7 Å². The van der Waals surface area contributed by atoms with Crippen LogP contribution in [0.2, 0.25) is 5.02 Å². The van der Waals surface area contributed by atoms with E-state index in [-0.39, 0.29) is 6.61 Å². The molecule has 1 aromatic carbocycles. The maximum absolute atomic E-state index is 12.9. The summed E-state index contributed by atoms with van der Waals surface area (Å²) in [5, 5.41) is 0.561. The standard InChI is InChI=1S/C21H18ClN3O4S/c1-30-9-8-17(25-19(26)15-4-2-3-5-16(15)20(25)27)21(28)29-12-14-11-24-10-13(22)6-7-18(24)23-14/h2-7,10-11,17H,8-9,12H2,1H3. The summed E-state index contributed by atoms with van der Waals surface area (Å²) in [6, 6.07) is 9.06. The van der Waals surface area contributed by atoms with E-state index in [1.165, 1.54) is 11.8 Å². The number of esters is 1. The predicted molar refractivity (Wildman–Crippen MR) is 114 cm³/mol. The Hall–Kier alpha value is -2.84. The van der Waals surface area contributed by atoms with E-state index in [4.69, 9.17) is 16.3 Å². The lowest BCUT2D eigenvalue weighted by molar-refractivity contribution is -0.149. The van der Waals surface area contributed by atoms with Gasteiger partial charge in [0, 0.05) is 12.4 Å². The first-order valence-corrected chi connectivity index (χ1v) is 11.0. The Bertz CT molecular complexity index is 1110. The van der Waals surface area contributed by atoms with Gasteiger partial charge in [0.1, 0.15) is 18.3 Å². The van der Waals surface area contributed by atoms with Crippen LogP contribution in [0.1, 0.15) is 32.8 Å². The van der Waals surface area contributed by atoms with Crippen LogP contribution in [0.15, 0.2) is 48.8 Å². The minimum atomic E-state index is -0.990. The summed E-state index contributed by atoms with van der Waals surface area (Å²) in [6.45, 7) is -0.0724. The number of imidazole rings is 1. The SMILES string of the molecule is CSCCC(C(=O)OCc1cn2cc(Cl)ccc2n1)N1C(=O)c2ccccc2C1=O. The Morgan fingerprint density at radius 1 is 1.13 bits per heavy atom. The van der Waals surface area contributed by atoms with Crippen molar-refractivity contribution in [1.82, 2.24) is 14.3 Å². The molecule has 1 unspecified atom stereocenters. The van der Waals surface area contributed by atoms with E-state index in [2.05, 4.69) is 4.98 Å². The third kappa shape index (κ3) is 3.80. The number of amides is 2. The molecule has 0 radical (unpaired) electrons. The van der Waals surface area contributed by atoms with Crippen molar-refractivity contribution in [2.45, 2.75) is 19.1 Å². The lowest BCUT2D eigenvalue weighted by Crippen LogP contribution is -2.46. The van der Waals surface area contributed by atoms with Crippen LogP contribution in [-0.4, -0.2) is 50.1 Å². The first-order valence-electron chi connectivity index (χ1n) is 9.25. The second-order valence-corrected chi connectivity index (χ2v) is 8.20. The molecule has 3 aromatic rings. The molecule has 0 aliphatic carbocycles. The van der Waals surface area contributed by atoms with Crippen LogP contribution in [0.4, 0.5) is 0 Å². The monoisotopic (exact) mass is 443 g/mol. The van der Waals surface area contributed by atoms with E-state index in [9.17, 15) is 14.4 Å². The number of hydrogen-bond acceptors (Lipinski definition) is 6. The third-order valence-electron chi connectivity index (χ3n) is 4.83. The van der Waals surface area contributed by atoms with Crippen molar-refractivity contribution in [2.75, 3.05) is 12.0 Å². The first kappa shape index (κ1) is 20.4. The van der Waals surface area contributed by atoms with Crippen LogP contribution in [0, 0.1) is 0 Å². The molecule has 0 saturated carbocycles. The highest BCUT2D eigenvalue weighted by Crippen LogP contribution is 2.27. The average Bonchev–Trinajstić information content (AvgIpc) is 3.26. The molecule has 0 fully saturated rings. The highest BCUT2D eigenvalue weighted by Gasteiger charge is 2.43. The zero-order valence-electron chi connectivity index (χ0n) is 16.1. The fraction of sp³-hybridized carbons (Fsp3) is 0.238. The molecule has 2 amide bonds. The number of thioether (sulfide) groups is 1. The molecular formula is C21H18ClN3O4S. The van der Waals surface area contributed by atoms with Crippen molar-refractivity contribution in [3.63, 3.8) is 0 Å². The van der Waals surface area contributed by atoms with Crippen LogP contribution in [0.5, 0.6) is 0 Å². The van der Waals surface area contributed by atoms with Gasteiger partial charge in [-0.15, -0.1) is 0 Å². The molecule has 0 bridgehead atoms. The zero-order valence-corrected chi connectivity index (χ0v) is 17.7. The van der Waals surface area contributed by atoms with Gasteiger partial charge in [0.05, 0.1) is 21.8 Å². The molecule has 7 nitrogen and oxygen atoms in total. The Morgan fingerprint density at radius 3 is 2.50 bits per heavy atom. The molecular weight excluding hydrogens is 426 g/mol. The van der Waals surface area contributed by atoms with Crippen LogP contribution < -0.4 is 0 Å². The number of aromatic nitrogens is 2. The molecule has 1 atom stereocenters. The number of ether oxygens (including phenoxy) is 1. The van der Waals surface area contributed by atoms with Crippen molar-refractivity contribution in [3.05, 3.63) is 70.6 Å². The topological polar surface area (TPSA) is 81.0 Å². The van der Waals surface area contributed by atoms with Crippen LogP contribution in [0.25, 0.3) is 5.65 Å². The molecule has 154 valence electrons. The minimum Gasteiger partial charge on any atom is -0.458 e. The number of rotatable bonds is 7. The summed E-state index contributed by atoms with van der Waals surface area (Å²) in [5.74, 6) is -0.976. The molecule has 3 heterocycles. The minimum absolute atomic E-state index is 0.0724. The number of benzene rings is 1. The second kappa shape index (κ2) is 8.49. The fourth-order valence-corrected chi connectivity index (χ4v) is 4.03. The highest BCUT2D eigenvalue weighted by atomic mass is 35.5. The molecule has 9 heteroatoms. The Labute approximate surface area is 182 Å². The van der Waals surface area contributed by atoms with Gasteiger partial charge in [-0.1, -0.05) is 23.7 Å². The van der Waals surface area contributed by atoms with Crippen molar-refractivity contribution < 1.29 is 19.1 Å². The maximum Gasteiger partial charge on any atom is 0.329 e. The summed E-state index contributed by atoms with van der Waals surface area (Å²) in [6.07, 6.45) is 5.63. The molecule has 1 aliphatic rings. The van der Waals surface area contributed by atoms with Gasteiger partial charge in [-0.3, -0.25) is 14.5 Å². The van der Waals surface area contributed by atoms with Gasteiger partial charge in [-0.2, -0.15) is 11.8 Å². The number of nitrogens with zero attached hydrogens (tertiary/aromatic N) is 3. The van der Waals surface area contributed by atoms with Crippen molar-refractivity contribution >= 4 is 46.8 Å². The molecule has 2 aromatic heterocycles. The molecule has 1 aliphatic heterocycles. The van der Waals surface area contributed by atoms with Crippen molar-refractivity contribution in [1.29, 1.82) is 0 Å². The summed E-state index contributed by atoms with van der Waals surface area (Å²) in [5.41, 5.74) is 1.82. The predicted octanol–water partition coefficient (Wildman–Crippen LogP) is 3.45. The van der Waals surface area contributed by atoms with E-state index < -0.39 is 23.8 Å². The average molecular weight is 444 g/mol. The van der Waals surface area contributed by atoms with Gasteiger partial charge >= 0.3 is 5.97 Å². The summed E-state index contributed by atoms with van der Waals surface area (Å²) in [7, 11) is 0. The second-order valence-electron chi connectivity index (χ2n) is 6.78. The van der Waals surface area contributed by atoms with Gasteiger partial charge in [-0.25, -0.2) is 9.78 Å². The normalized spacial score (nSPS) is 14.3. The van der Waals surface area contributed by atoms with E-state index >= 15 is 0 Å². The number of imide groups is 1.